The number of thiazole rings is 1. The van der Waals surface area contributed by atoms with E-state index in [4.69, 9.17) is 0 Å². The van der Waals surface area contributed by atoms with E-state index in [1.807, 2.05) is 16.3 Å². The molecular weight excluding hydrogens is 384 g/mol. The Morgan fingerprint density at radius 2 is 2.03 bits per heavy atom. The lowest BCUT2D eigenvalue weighted by Gasteiger charge is -2.22. The van der Waals surface area contributed by atoms with Crippen molar-refractivity contribution in [2.75, 3.05) is 36.4 Å². The summed E-state index contributed by atoms with van der Waals surface area (Å²) in [6, 6.07) is 6.24. The number of nitrogens with one attached hydrogen (secondary N) is 2. The zero-order valence-electron chi connectivity index (χ0n) is 16.6. The van der Waals surface area contributed by atoms with Crippen molar-refractivity contribution < 1.29 is 14.5 Å². The van der Waals surface area contributed by atoms with Gasteiger partial charge in [-0.1, -0.05) is 6.07 Å². The van der Waals surface area contributed by atoms with Crippen molar-refractivity contribution in [3.05, 3.63) is 29.1 Å². The van der Waals surface area contributed by atoms with Gasteiger partial charge in [0.15, 0.2) is 11.7 Å². The molecule has 29 heavy (non-hydrogen) atoms. The second-order valence-electron chi connectivity index (χ2n) is 8.43. The molecule has 2 N–H and O–H groups in total. The molecule has 0 bridgehead atoms. The Balaban J connectivity index is 1.24. The number of piperidine rings is 1. The fourth-order valence-corrected chi connectivity index (χ4v) is 5.16. The fraction of sp³-hybridized carbons (Fsp3) is 0.500. The average molecular weight is 412 g/mol. The van der Waals surface area contributed by atoms with Crippen molar-refractivity contribution in [3.63, 3.8) is 0 Å². The van der Waals surface area contributed by atoms with E-state index in [1.54, 1.807) is 0 Å². The van der Waals surface area contributed by atoms with E-state index in [0.29, 0.717) is 11.7 Å². The molecule has 1 saturated carbocycles. The molecule has 1 aromatic heterocycles. The zero-order chi connectivity index (χ0) is 19.8. The number of quaternary nitrogens is 1. The number of carbonyl (C=O) groups is 2. The van der Waals surface area contributed by atoms with Crippen LogP contribution >= 0.6 is 11.3 Å². The van der Waals surface area contributed by atoms with Crippen LogP contribution in [0.3, 0.4) is 0 Å². The molecule has 5 rings (SSSR count). The van der Waals surface area contributed by atoms with E-state index in [-0.39, 0.29) is 17.7 Å². The van der Waals surface area contributed by atoms with Crippen LogP contribution in [-0.2, 0) is 16.0 Å². The molecule has 7 heteroatoms. The molecule has 2 aromatic rings. The molecular formula is C22H27N4O2S+. The normalized spacial score (nSPS) is 19.2. The van der Waals surface area contributed by atoms with Crippen molar-refractivity contribution in [2.45, 2.75) is 38.5 Å². The summed E-state index contributed by atoms with van der Waals surface area (Å²) >= 11 is 1.47. The van der Waals surface area contributed by atoms with Gasteiger partial charge in [0, 0.05) is 29.1 Å². The SMILES string of the molecule is O=C(C[NH+]1CCCCC1)Nc1nc(-c2ccc3c(c2)CCN3C(=O)C2CC2)cs1. The van der Waals surface area contributed by atoms with E-state index in [0.717, 1.165) is 55.8 Å². The summed E-state index contributed by atoms with van der Waals surface area (Å²) in [6.07, 6.45) is 6.69. The van der Waals surface area contributed by atoms with Crippen LogP contribution in [0.15, 0.2) is 23.6 Å². The number of aromatic nitrogens is 1. The Bertz CT molecular complexity index is 931. The second-order valence-corrected chi connectivity index (χ2v) is 9.29. The Kier molecular flexibility index (Phi) is 5.09. The topological polar surface area (TPSA) is 66.7 Å². The minimum Gasteiger partial charge on any atom is -0.327 e. The third kappa shape index (κ3) is 4.07. The third-order valence-electron chi connectivity index (χ3n) is 6.19. The van der Waals surface area contributed by atoms with Crippen LogP contribution in [0.25, 0.3) is 11.3 Å². The number of hydrogen-bond donors (Lipinski definition) is 2. The third-order valence-corrected chi connectivity index (χ3v) is 6.94. The lowest BCUT2D eigenvalue weighted by atomic mass is 10.1. The molecule has 1 aromatic carbocycles. The number of nitrogens with zero attached hydrogens (tertiary/aromatic N) is 2. The molecule has 3 aliphatic rings. The summed E-state index contributed by atoms with van der Waals surface area (Å²) < 4.78 is 0. The molecule has 0 atom stereocenters. The summed E-state index contributed by atoms with van der Waals surface area (Å²) in [6.45, 7) is 3.49. The molecule has 0 unspecified atom stereocenters. The first-order valence-corrected chi connectivity index (χ1v) is 11.6. The first-order chi connectivity index (χ1) is 14.2. The maximum absolute atomic E-state index is 12.4. The van der Waals surface area contributed by atoms with Crippen LogP contribution in [-0.4, -0.2) is 43.0 Å². The molecule has 0 radical (unpaired) electrons. The van der Waals surface area contributed by atoms with Gasteiger partial charge in [0.05, 0.1) is 18.8 Å². The van der Waals surface area contributed by atoms with E-state index in [2.05, 4.69) is 22.4 Å². The van der Waals surface area contributed by atoms with Crippen LogP contribution in [0, 0.1) is 5.92 Å². The van der Waals surface area contributed by atoms with E-state index in [9.17, 15) is 9.59 Å². The lowest BCUT2D eigenvalue weighted by Crippen LogP contribution is -3.13. The lowest BCUT2D eigenvalue weighted by molar-refractivity contribution is -0.896. The largest absolute Gasteiger partial charge is 0.327 e. The van der Waals surface area contributed by atoms with Gasteiger partial charge in [0.2, 0.25) is 5.91 Å². The first-order valence-electron chi connectivity index (χ1n) is 10.7. The first kappa shape index (κ1) is 18.8. The monoisotopic (exact) mass is 411 g/mol. The van der Waals surface area contributed by atoms with Gasteiger partial charge >= 0.3 is 0 Å². The van der Waals surface area contributed by atoms with E-state index < -0.39 is 0 Å². The molecule has 0 spiro atoms. The predicted octanol–water partition coefficient (Wildman–Crippen LogP) is 2.12. The fourth-order valence-electron chi connectivity index (χ4n) is 4.42. The Morgan fingerprint density at radius 1 is 1.21 bits per heavy atom. The molecule has 152 valence electrons. The van der Waals surface area contributed by atoms with Crippen LogP contribution in [0.4, 0.5) is 10.8 Å². The number of hydrogen-bond acceptors (Lipinski definition) is 4. The molecule has 2 amide bonds. The van der Waals surface area contributed by atoms with Gasteiger partial charge in [-0.3, -0.25) is 14.9 Å². The summed E-state index contributed by atoms with van der Waals surface area (Å²) in [5.41, 5.74) is 4.19. The van der Waals surface area contributed by atoms with E-state index in [1.165, 1.54) is 41.1 Å². The van der Waals surface area contributed by atoms with Gasteiger partial charge in [-0.2, -0.15) is 0 Å². The van der Waals surface area contributed by atoms with Crippen LogP contribution < -0.4 is 15.1 Å². The van der Waals surface area contributed by atoms with Crippen LogP contribution in [0.2, 0.25) is 0 Å². The van der Waals surface area contributed by atoms with E-state index >= 15 is 0 Å². The molecule has 1 saturated heterocycles. The minimum atomic E-state index is 0.0472. The number of likely N-dealkylation sites (tertiary alicyclic amines) is 1. The van der Waals surface area contributed by atoms with Gasteiger partial charge in [0.25, 0.3) is 5.91 Å². The Hall–Kier alpha value is -2.25. The van der Waals surface area contributed by atoms with Crippen LogP contribution in [0.5, 0.6) is 0 Å². The number of fused-ring (bicyclic) bond motifs is 1. The van der Waals surface area contributed by atoms with Crippen LogP contribution in [0.1, 0.15) is 37.7 Å². The maximum atomic E-state index is 12.4. The van der Waals surface area contributed by atoms with Crippen molar-refractivity contribution in [2.24, 2.45) is 5.92 Å². The van der Waals surface area contributed by atoms with Crippen molar-refractivity contribution >= 4 is 34.0 Å². The smallest absolute Gasteiger partial charge is 0.281 e. The van der Waals surface area contributed by atoms with Gasteiger partial charge in [0.1, 0.15) is 0 Å². The predicted molar refractivity (Wildman–Crippen MR) is 114 cm³/mol. The van der Waals surface area contributed by atoms with Crippen molar-refractivity contribution in [3.8, 4) is 11.3 Å². The highest BCUT2D eigenvalue weighted by atomic mass is 32.1. The summed E-state index contributed by atoms with van der Waals surface area (Å²) in [5.74, 6) is 0.578. The highest BCUT2D eigenvalue weighted by molar-refractivity contribution is 7.14. The molecule has 6 nitrogen and oxygen atoms in total. The number of amides is 2. The van der Waals surface area contributed by atoms with Crippen molar-refractivity contribution in [1.82, 2.24) is 4.98 Å². The van der Waals surface area contributed by atoms with Crippen molar-refractivity contribution in [1.29, 1.82) is 0 Å². The standard InChI is InChI=1S/C22H26N4O2S/c27-20(13-25-9-2-1-3-10-25)24-22-23-18(14-29-22)16-6-7-19-17(12-16)8-11-26(19)21(28)15-4-5-15/h6-7,12,14-15H,1-5,8-11,13H2,(H,23,24,27)/p+1. The van der Waals surface area contributed by atoms with Gasteiger partial charge in [-0.25, -0.2) is 4.98 Å². The number of carbonyl (C=O) groups excluding carboxylic acids is 2. The highest BCUT2D eigenvalue weighted by Gasteiger charge is 2.36. The number of anilines is 2. The van der Waals surface area contributed by atoms with Gasteiger partial charge in [-0.15, -0.1) is 11.3 Å². The highest BCUT2D eigenvalue weighted by Crippen LogP contribution is 2.38. The zero-order valence-corrected chi connectivity index (χ0v) is 17.4. The molecule has 2 aliphatic heterocycles. The molecule has 2 fully saturated rings. The molecule has 3 heterocycles. The Labute approximate surface area is 174 Å². The van der Waals surface area contributed by atoms with Gasteiger partial charge in [-0.05, 0) is 56.2 Å². The quantitative estimate of drug-likeness (QED) is 0.792. The Morgan fingerprint density at radius 3 is 2.83 bits per heavy atom. The average Bonchev–Trinajstić information content (AvgIpc) is 3.34. The summed E-state index contributed by atoms with van der Waals surface area (Å²) in [5, 5.41) is 5.62. The number of benzene rings is 1. The maximum Gasteiger partial charge on any atom is 0.281 e. The summed E-state index contributed by atoms with van der Waals surface area (Å²) in [7, 11) is 0. The molecule has 1 aliphatic carbocycles. The van der Waals surface area contributed by atoms with Gasteiger partial charge < -0.3 is 9.80 Å². The minimum absolute atomic E-state index is 0.0472. The summed E-state index contributed by atoms with van der Waals surface area (Å²) in [4.78, 5) is 32.7. The number of rotatable bonds is 5. The second kappa shape index (κ2) is 7.88.